The number of amides is 1. The zero-order valence-corrected chi connectivity index (χ0v) is 13.5. The third-order valence-corrected chi connectivity index (χ3v) is 5.69. The molecule has 0 radical (unpaired) electrons. The molecule has 1 aliphatic heterocycles. The lowest BCUT2D eigenvalue weighted by molar-refractivity contribution is -0.117. The third kappa shape index (κ3) is 3.14. The molecule has 5 heteroatoms. The molecule has 0 saturated heterocycles. The molecule has 2 aromatic rings. The monoisotopic (exact) mass is 313 g/mol. The van der Waals surface area contributed by atoms with Crippen LogP contribution in [-0.4, -0.2) is 15.7 Å². The molecule has 0 fully saturated rings. The van der Waals surface area contributed by atoms with E-state index in [1.807, 2.05) is 31.5 Å². The van der Waals surface area contributed by atoms with Crippen molar-refractivity contribution in [1.82, 2.24) is 15.1 Å². The number of carbonyl (C=O) groups excluding carboxylic acids is 1. The second kappa shape index (κ2) is 6.23. The van der Waals surface area contributed by atoms with Gasteiger partial charge in [0.05, 0.1) is 17.1 Å². The average molecular weight is 313 g/mol. The fourth-order valence-electron chi connectivity index (χ4n) is 2.32. The minimum absolute atomic E-state index is 0.0117. The lowest BCUT2D eigenvalue weighted by Gasteiger charge is -2.18. The number of thiol groups is 1. The fraction of sp³-hybridized carbons (Fsp3) is 0.176. The van der Waals surface area contributed by atoms with E-state index >= 15 is 0 Å². The first kappa shape index (κ1) is 14.7. The lowest BCUT2D eigenvalue weighted by Crippen LogP contribution is -2.24. The molecule has 0 saturated carbocycles. The van der Waals surface area contributed by atoms with Crippen molar-refractivity contribution in [2.75, 3.05) is 0 Å². The Morgan fingerprint density at radius 3 is 2.73 bits per heavy atom. The van der Waals surface area contributed by atoms with Gasteiger partial charge in [-0.05, 0) is 41.5 Å². The van der Waals surface area contributed by atoms with E-state index in [0.29, 0.717) is 6.54 Å². The van der Waals surface area contributed by atoms with E-state index in [0.717, 1.165) is 10.6 Å². The zero-order valence-electron chi connectivity index (χ0n) is 12.7. The Hall–Kier alpha value is -2.27. The second-order valence-electron chi connectivity index (χ2n) is 5.26. The second-order valence-corrected chi connectivity index (χ2v) is 7.30. The zero-order chi connectivity index (χ0) is 15.5. The van der Waals surface area contributed by atoms with Gasteiger partial charge in [0, 0.05) is 13.2 Å². The van der Waals surface area contributed by atoms with Crippen LogP contribution in [0.2, 0.25) is 0 Å². The van der Waals surface area contributed by atoms with Gasteiger partial charge in [-0.1, -0.05) is 23.8 Å². The van der Waals surface area contributed by atoms with E-state index in [4.69, 9.17) is 0 Å². The molecule has 2 heterocycles. The van der Waals surface area contributed by atoms with Crippen molar-refractivity contribution in [3.8, 4) is 0 Å². The van der Waals surface area contributed by atoms with Gasteiger partial charge < -0.3 is 5.32 Å². The number of nitrogens with one attached hydrogen (secondary N) is 1. The summed E-state index contributed by atoms with van der Waals surface area (Å²) in [5, 5.41) is 9.35. The highest BCUT2D eigenvalue weighted by atomic mass is 32.2. The fourth-order valence-corrected chi connectivity index (χ4v) is 4.20. The molecule has 1 aromatic carbocycles. The van der Waals surface area contributed by atoms with Crippen molar-refractivity contribution >= 4 is 16.8 Å². The molecule has 1 aromatic heterocycles. The first-order valence-corrected chi connectivity index (χ1v) is 8.56. The van der Waals surface area contributed by atoms with Crippen LogP contribution in [0.15, 0.2) is 63.9 Å². The summed E-state index contributed by atoms with van der Waals surface area (Å²) in [5.74, 6) is -0.0117. The third-order valence-electron chi connectivity index (χ3n) is 3.49. The van der Waals surface area contributed by atoms with Crippen LogP contribution < -0.4 is 5.32 Å². The number of nitrogens with zero attached hydrogens (tertiary/aromatic N) is 2. The number of carbonyl (C=O) groups is 1. The van der Waals surface area contributed by atoms with Crippen molar-refractivity contribution in [3.63, 3.8) is 0 Å². The first-order chi connectivity index (χ1) is 10.6. The maximum Gasteiger partial charge on any atom is 0.256 e. The number of benzene rings is 1. The Morgan fingerprint density at radius 2 is 2.05 bits per heavy atom. The highest BCUT2D eigenvalue weighted by molar-refractivity contribution is 8.23. The molecule has 1 atom stereocenters. The summed E-state index contributed by atoms with van der Waals surface area (Å²) < 4.78 is 1.73. The minimum atomic E-state index is -0.688. The molecule has 1 N–H and O–H groups in total. The summed E-state index contributed by atoms with van der Waals surface area (Å²) in [6.45, 7) is 2.52. The van der Waals surface area contributed by atoms with Crippen LogP contribution in [0.25, 0.3) is 0 Å². The number of hydrogen-bond acceptors (Lipinski definition) is 2. The SMILES string of the molecule is Cc1ccc([SH]2C=CC=C2C(=O)NCc2ccn(C)n2)cc1. The van der Waals surface area contributed by atoms with Gasteiger partial charge in [0.15, 0.2) is 0 Å². The van der Waals surface area contributed by atoms with Gasteiger partial charge in [0.25, 0.3) is 5.91 Å². The maximum atomic E-state index is 12.4. The quantitative estimate of drug-likeness (QED) is 0.853. The van der Waals surface area contributed by atoms with E-state index in [-0.39, 0.29) is 5.91 Å². The van der Waals surface area contributed by atoms with Crippen molar-refractivity contribution < 1.29 is 4.79 Å². The van der Waals surface area contributed by atoms with E-state index in [1.165, 1.54) is 10.5 Å². The van der Waals surface area contributed by atoms with Gasteiger partial charge in [-0.2, -0.15) is 16.0 Å². The van der Waals surface area contributed by atoms with E-state index in [1.54, 1.807) is 4.68 Å². The molecule has 0 bridgehead atoms. The largest absolute Gasteiger partial charge is 0.346 e. The summed E-state index contributed by atoms with van der Waals surface area (Å²) >= 11 is 0. The number of hydrogen-bond donors (Lipinski definition) is 2. The number of aromatic nitrogens is 2. The van der Waals surface area contributed by atoms with Crippen LogP contribution in [0.5, 0.6) is 0 Å². The molecule has 114 valence electrons. The van der Waals surface area contributed by atoms with Crippen molar-refractivity contribution in [1.29, 1.82) is 0 Å². The van der Waals surface area contributed by atoms with Crippen LogP contribution in [0.3, 0.4) is 0 Å². The number of aryl methyl sites for hydroxylation is 2. The van der Waals surface area contributed by atoms with Crippen LogP contribution >= 0.6 is 10.9 Å². The summed E-state index contributed by atoms with van der Waals surface area (Å²) in [6, 6.07) is 10.3. The molecule has 22 heavy (non-hydrogen) atoms. The Balaban J connectivity index is 1.68. The molecule has 0 spiro atoms. The average Bonchev–Trinajstić information content (AvgIpc) is 3.14. The van der Waals surface area contributed by atoms with Gasteiger partial charge in [-0.15, -0.1) is 0 Å². The van der Waals surface area contributed by atoms with Crippen LogP contribution in [0.1, 0.15) is 11.3 Å². The molecule has 1 aliphatic rings. The molecular formula is C17H19N3OS. The van der Waals surface area contributed by atoms with Gasteiger partial charge >= 0.3 is 0 Å². The lowest BCUT2D eigenvalue weighted by atomic mass is 10.2. The van der Waals surface area contributed by atoms with Crippen LogP contribution in [0.4, 0.5) is 0 Å². The van der Waals surface area contributed by atoms with E-state index in [2.05, 4.69) is 47.0 Å². The predicted octanol–water partition coefficient (Wildman–Crippen LogP) is 2.82. The molecular weight excluding hydrogens is 294 g/mol. The number of rotatable bonds is 4. The van der Waals surface area contributed by atoms with Crippen molar-refractivity contribution in [2.45, 2.75) is 18.4 Å². The Labute approximate surface area is 132 Å². The van der Waals surface area contributed by atoms with Crippen LogP contribution in [0, 0.1) is 6.92 Å². The Bertz CT molecular complexity index is 744. The summed E-state index contributed by atoms with van der Waals surface area (Å²) in [7, 11) is 1.18. The summed E-state index contributed by atoms with van der Waals surface area (Å²) in [5.41, 5.74) is 2.09. The van der Waals surface area contributed by atoms with Gasteiger partial charge in [-0.3, -0.25) is 9.48 Å². The van der Waals surface area contributed by atoms with Crippen molar-refractivity contribution in [3.05, 3.63) is 70.3 Å². The molecule has 4 nitrogen and oxygen atoms in total. The topological polar surface area (TPSA) is 46.9 Å². The van der Waals surface area contributed by atoms with Gasteiger partial charge in [0.1, 0.15) is 0 Å². The highest BCUT2D eigenvalue weighted by Crippen LogP contribution is 2.48. The minimum Gasteiger partial charge on any atom is -0.346 e. The Kier molecular flexibility index (Phi) is 4.15. The Morgan fingerprint density at radius 1 is 1.27 bits per heavy atom. The predicted molar refractivity (Wildman–Crippen MR) is 90.7 cm³/mol. The van der Waals surface area contributed by atoms with Gasteiger partial charge in [0.2, 0.25) is 0 Å². The summed E-state index contributed by atoms with van der Waals surface area (Å²) in [4.78, 5) is 14.5. The summed E-state index contributed by atoms with van der Waals surface area (Å²) in [6.07, 6.45) is 5.76. The molecule has 1 unspecified atom stereocenters. The van der Waals surface area contributed by atoms with Crippen molar-refractivity contribution in [2.24, 2.45) is 7.05 Å². The maximum absolute atomic E-state index is 12.4. The van der Waals surface area contributed by atoms with Crippen LogP contribution in [-0.2, 0) is 18.4 Å². The molecule has 0 aliphatic carbocycles. The van der Waals surface area contributed by atoms with Gasteiger partial charge in [-0.25, -0.2) is 0 Å². The smallest absolute Gasteiger partial charge is 0.256 e. The molecule has 1 amide bonds. The van der Waals surface area contributed by atoms with E-state index < -0.39 is 10.9 Å². The number of allylic oxidation sites excluding steroid dienone is 2. The van der Waals surface area contributed by atoms with E-state index in [9.17, 15) is 4.79 Å². The standard InChI is InChI=1S/C17H19N3OS/c1-13-5-7-15(8-6-13)22-11-3-4-16(22)17(21)18-12-14-9-10-20(2)19-14/h3-11,22H,12H2,1-2H3,(H,18,21). The first-order valence-electron chi connectivity index (χ1n) is 7.14. The normalized spacial score (nSPS) is 18.3. The molecule has 3 rings (SSSR count). The highest BCUT2D eigenvalue weighted by Gasteiger charge is 2.20.